The van der Waals surface area contributed by atoms with Crippen LogP contribution in [0.4, 0.5) is 0 Å². The number of para-hydroxylation sites is 1. The highest BCUT2D eigenvalue weighted by Gasteiger charge is 2.25. The van der Waals surface area contributed by atoms with Crippen LogP contribution in [0.5, 0.6) is 23.0 Å². The fourth-order valence-electron chi connectivity index (χ4n) is 2.62. The summed E-state index contributed by atoms with van der Waals surface area (Å²) in [6, 6.07) is 10.2. The van der Waals surface area contributed by atoms with Crippen LogP contribution < -0.4 is 14.2 Å². The Morgan fingerprint density at radius 3 is 2.46 bits per heavy atom. The number of phenols is 1. The predicted molar refractivity (Wildman–Crippen MR) is 96.3 cm³/mol. The maximum atomic E-state index is 12.3. The third-order valence-electron chi connectivity index (χ3n) is 3.96. The molecule has 2 aromatic rings. The largest absolute Gasteiger partial charge is 0.504 e. The molecule has 1 N–H and O–H groups in total. The van der Waals surface area contributed by atoms with Crippen LogP contribution in [-0.2, 0) is 9.53 Å². The summed E-state index contributed by atoms with van der Waals surface area (Å²) < 4.78 is 21.0. The highest BCUT2D eigenvalue weighted by atomic mass is 16.5. The van der Waals surface area contributed by atoms with Crippen molar-refractivity contribution in [1.29, 1.82) is 0 Å². The Bertz CT molecular complexity index is 911. The van der Waals surface area contributed by atoms with Crippen LogP contribution in [0.3, 0.4) is 0 Å². The molecule has 0 spiro atoms. The number of carbonyl (C=O) groups excluding carboxylic acids is 1. The molecular weight excluding hydrogens is 336 g/mol. The van der Waals surface area contributed by atoms with Gasteiger partial charge in [-0.05, 0) is 36.4 Å². The first kappa shape index (κ1) is 17.4. The predicted octanol–water partition coefficient (Wildman–Crippen LogP) is 3.40. The number of aromatic hydroxyl groups is 1. The van der Waals surface area contributed by atoms with Crippen LogP contribution in [0.25, 0.3) is 11.8 Å². The summed E-state index contributed by atoms with van der Waals surface area (Å²) in [7, 11) is 4.55. The molecule has 0 aliphatic carbocycles. The molecule has 1 heterocycles. The third kappa shape index (κ3) is 3.21. The topological polar surface area (TPSA) is 74.2 Å². The van der Waals surface area contributed by atoms with E-state index in [0.717, 1.165) is 0 Å². The molecule has 26 heavy (non-hydrogen) atoms. The minimum Gasteiger partial charge on any atom is -0.504 e. The van der Waals surface area contributed by atoms with Crippen LogP contribution in [0.2, 0.25) is 0 Å². The number of cyclic esters (lactones) is 1. The number of ether oxygens (including phenoxy) is 4. The van der Waals surface area contributed by atoms with Gasteiger partial charge in [0.15, 0.2) is 11.5 Å². The smallest absolute Gasteiger partial charge is 0.343 e. The van der Waals surface area contributed by atoms with E-state index in [1.54, 1.807) is 55.7 Å². The van der Waals surface area contributed by atoms with E-state index >= 15 is 0 Å². The molecule has 134 valence electrons. The first-order valence-electron chi connectivity index (χ1n) is 7.81. The van der Waals surface area contributed by atoms with Gasteiger partial charge in [-0.15, -0.1) is 0 Å². The Kier molecular flexibility index (Phi) is 4.84. The Morgan fingerprint density at radius 2 is 1.77 bits per heavy atom. The minimum absolute atomic E-state index is 0.0453. The Balaban J connectivity index is 2.03. The second-order valence-electron chi connectivity index (χ2n) is 5.46. The fraction of sp³-hybridized carbons (Fsp3) is 0.150. The van der Waals surface area contributed by atoms with Crippen LogP contribution in [0.15, 0.2) is 48.0 Å². The van der Waals surface area contributed by atoms with E-state index in [1.807, 2.05) is 0 Å². The lowest BCUT2D eigenvalue weighted by atomic mass is 10.1. The van der Waals surface area contributed by atoms with Crippen LogP contribution in [-0.4, -0.2) is 32.4 Å². The first-order valence-corrected chi connectivity index (χ1v) is 7.81. The highest BCUT2D eigenvalue weighted by molar-refractivity contribution is 6.05. The van der Waals surface area contributed by atoms with E-state index in [1.165, 1.54) is 14.2 Å². The van der Waals surface area contributed by atoms with E-state index in [4.69, 9.17) is 18.9 Å². The normalized spacial score (nSPS) is 14.8. The van der Waals surface area contributed by atoms with Crippen LogP contribution >= 0.6 is 0 Å². The standard InChI is InChI=1S/C20H18O6/c1-23-14-7-8-16(24-2)15(11-14)18-10-13(20(22)26-18)9-12-5-4-6-17(25-3)19(12)21/h4-11,21H,1-3H3. The number of rotatable bonds is 5. The number of benzene rings is 2. The molecule has 0 saturated carbocycles. The molecule has 0 aromatic heterocycles. The molecule has 0 saturated heterocycles. The average molecular weight is 354 g/mol. The summed E-state index contributed by atoms with van der Waals surface area (Å²) in [5.74, 6) is 1.27. The van der Waals surface area contributed by atoms with E-state index in [2.05, 4.69) is 0 Å². The van der Waals surface area contributed by atoms with Crippen molar-refractivity contribution >= 4 is 17.8 Å². The van der Waals surface area contributed by atoms with E-state index in [-0.39, 0.29) is 5.75 Å². The van der Waals surface area contributed by atoms with Gasteiger partial charge in [0.2, 0.25) is 0 Å². The number of methoxy groups -OCH3 is 3. The van der Waals surface area contributed by atoms with Crippen molar-refractivity contribution in [2.45, 2.75) is 0 Å². The molecule has 6 heteroatoms. The number of esters is 1. The maximum absolute atomic E-state index is 12.3. The summed E-state index contributed by atoms with van der Waals surface area (Å²) in [5.41, 5.74) is 1.35. The van der Waals surface area contributed by atoms with E-state index < -0.39 is 5.97 Å². The van der Waals surface area contributed by atoms with Crippen molar-refractivity contribution in [2.75, 3.05) is 21.3 Å². The van der Waals surface area contributed by atoms with Gasteiger partial charge in [-0.25, -0.2) is 4.79 Å². The fourth-order valence-corrected chi connectivity index (χ4v) is 2.62. The van der Waals surface area contributed by atoms with Crippen molar-refractivity contribution in [1.82, 2.24) is 0 Å². The van der Waals surface area contributed by atoms with E-state index in [0.29, 0.717) is 39.7 Å². The molecule has 3 rings (SSSR count). The second-order valence-corrected chi connectivity index (χ2v) is 5.46. The minimum atomic E-state index is -0.521. The zero-order valence-corrected chi connectivity index (χ0v) is 14.6. The molecule has 1 aliphatic rings. The van der Waals surface area contributed by atoms with Gasteiger partial charge in [-0.3, -0.25) is 0 Å². The molecule has 6 nitrogen and oxygen atoms in total. The summed E-state index contributed by atoms with van der Waals surface area (Å²) >= 11 is 0. The summed E-state index contributed by atoms with van der Waals surface area (Å²) in [4.78, 5) is 12.3. The zero-order valence-electron chi connectivity index (χ0n) is 14.6. The Labute approximate surface area is 150 Å². The third-order valence-corrected chi connectivity index (χ3v) is 3.96. The monoisotopic (exact) mass is 354 g/mol. The quantitative estimate of drug-likeness (QED) is 0.655. The Morgan fingerprint density at radius 1 is 1.00 bits per heavy atom. The highest BCUT2D eigenvalue weighted by Crippen LogP contribution is 2.37. The SMILES string of the molecule is COc1ccc(OC)c(C2=CC(=Cc3cccc(OC)c3O)C(=O)O2)c1. The lowest BCUT2D eigenvalue weighted by molar-refractivity contribution is -0.130. The molecule has 2 aromatic carbocycles. The summed E-state index contributed by atoms with van der Waals surface area (Å²) in [5, 5.41) is 10.2. The molecule has 0 amide bonds. The van der Waals surface area contributed by atoms with Gasteiger partial charge < -0.3 is 24.1 Å². The van der Waals surface area contributed by atoms with Gasteiger partial charge in [-0.2, -0.15) is 0 Å². The molecule has 1 aliphatic heterocycles. The van der Waals surface area contributed by atoms with Crippen molar-refractivity contribution in [3.8, 4) is 23.0 Å². The summed E-state index contributed by atoms with van der Waals surface area (Å²) in [6.07, 6.45) is 3.14. The number of hydrogen-bond donors (Lipinski definition) is 1. The Hall–Kier alpha value is -3.41. The van der Waals surface area contributed by atoms with Crippen molar-refractivity contribution in [3.05, 3.63) is 59.2 Å². The van der Waals surface area contributed by atoms with Gasteiger partial charge in [0, 0.05) is 5.56 Å². The molecular formula is C20H18O6. The van der Waals surface area contributed by atoms with Crippen molar-refractivity contribution in [3.63, 3.8) is 0 Å². The number of hydrogen-bond acceptors (Lipinski definition) is 6. The van der Waals surface area contributed by atoms with Gasteiger partial charge in [0.1, 0.15) is 17.3 Å². The van der Waals surface area contributed by atoms with Crippen molar-refractivity contribution < 1.29 is 28.8 Å². The first-order chi connectivity index (χ1) is 12.6. The van der Waals surface area contributed by atoms with Gasteiger partial charge in [-0.1, -0.05) is 12.1 Å². The van der Waals surface area contributed by atoms with Gasteiger partial charge >= 0.3 is 5.97 Å². The molecule has 0 bridgehead atoms. The maximum Gasteiger partial charge on any atom is 0.343 e. The lowest BCUT2D eigenvalue weighted by Crippen LogP contribution is -1.99. The van der Waals surface area contributed by atoms with E-state index in [9.17, 15) is 9.90 Å². The van der Waals surface area contributed by atoms with Crippen LogP contribution in [0.1, 0.15) is 11.1 Å². The molecule has 0 fully saturated rings. The average Bonchev–Trinajstić information content (AvgIpc) is 3.03. The van der Waals surface area contributed by atoms with Gasteiger partial charge in [0.25, 0.3) is 0 Å². The van der Waals surface area contributed by atoms with Gasteiger partial charge in [0.05, 0.1) is 32.5 Å². The molecule has 0 atom stereocenters. The molecule has 0 radical (unpaired) electrons. The number of carbonyl (C=O) groups is 1. The molecule has 0 unspecified atom stereocenters. The van der Waals surface area contributed by atoms with Crippen LogP contribution in [0, 0.1) is 0 Å². The second kappa shape index (κ2) is 7.23. The zero-order chi connectivity index (χ0) is 18.7. The number of phenolic OH excluding ortho intramolecular Hbond substituents is 1. The van der Waals surface area contributed by atoms with Crippen molar-refractivity contribution in [2.24, 2.45) is 0 Å². The lowest BCUT2D eigenvalue weighted by Gasteiger charge is -2.10. The summed E-state index contributed by atoms with van der Waals surface area (Å²) in [6.45, 7) is 0.